The molecular formula is C55H58N8O7. The van der Waals surface area contributed by atoms with E-state index in [-0.39, 0.29) is 35.9 Å². The summed E-state index contributed by atoms with van der Waals surface area (Å²) in [6, 6.07) is 29.5. The number of H-pyrrole nitrogens is 2. The number of methoxy groups -OCH3 is 3. The van der Waals surface area contributed by atoms with Gasteiger partial charge in [-0.1, -0.05) is 73.2 Å². The molecule has 360 valence electrons. The van der Waals surface area contributed by atoms with E-state index >= 15 is 0 Å². The highest BCUT2D eigenvalue weighted by Crippen LogP contribution is 2.51. The lowest BCUT2D eigenvalue weighted by molar-refractivity contribution is -0.138. The Labute approximate surface area is 405 Å². The number of hydrogen-bond acceptors (Lipinski definition) is 9. The van der Waals surface area contributed by atoms with Gasteiger partial charge in [0.1, 0.15) is 23.7 Å². The number of alkyl carbamates (subject to hydrolysis) is 2. The number of aromatic amines is 2. The number of carbonyl (C=O) groups excluding carboxylic acids is 4. The summed E-state index contributed by atoms with van der Waals surface area (Å²) in [6.45, 7) is 2.28. The van der Waals surface area contributed by atoms with Crippen LogP contribution in [0.4, 0.5) is 9.59 Å². The molecule has 0 radical (unpaired) electrons. The number of amides is 4. The summed E-state index contributed by atoms with van der Waals surface area (Å²) in [5, 5.41) is 9.80. The summed E-state index contributed by atoms with van der Waals surface area (Å²) in [4.78, 5) is 74.3. The Morgan fingerprint density at radius 2 is 1.46 bits per heavy atom. The van der Waals surface area contributed by atoms with E-state index in [4.69, 9.17) is 24.2 Å². The summed E-state index contributed by atoms with van der Waals surface area (Å²) in [7, 11) is 4.10. The van der Waals surface area contributed by atoms with Crippen molar-refractivity contribution in [2.45, 2.75) is 101 Å². The normalized spacial score (nSPS) is 21.2. The highest BCUT2D eigenvalue weighted by atomic mass is 16.5. The van der Waals surface area contributed by atoms with E-state index in [0.29, 0.717) is 18.3 Å². The molecule has 2 aromatic heterocycles. The third kappa shape index (κ3) is 8.18. The van der Waals surface area contributed by atoms with Gasteiger partial charge in [-0.3, -0.25) is 9.59 Å². The largest absolute Gasteiger partial charge is 0.453 e. The van der Waals surface area contributed by atoms with Gasteiger partial charge in [0, 0.05) is 30.6 Å². The summed E-state index contributed by atoms with van der Waals surface area (Å²) in [5.41, 5.74) is 7.77. The molecule has 2 aliphatic heterocycles. The Morgan fingerprint density at radius 3 is 2.21 bits per heavy atom. The molecule has 11 rings (SSSR count). The van der Waals surface area contributed by atoms with Crippen molar-refractivity contribution >= 4 is 56.6 Å². The summed E-state index contributed by atoms with van der Waals surface area (Å²) in [6.07, 6.45) is 7.81. The van der Waals surface area contributed by atoms with Crippen molar-refractivity contribution in [3.63, 3.8) is 0 Å². The average molecular weight is 943 g/mol. The number of fused-ring (bicyclic) bond motifs is 6. The molecule has 4 N–H and O–H groups in total. The topological polar surface area (TPSA) is 184 Å². The summed E-state index contributed by atoms with van der Waals surface area (Å²) >= 11 is 0. The number of rotatable bonds is 12. The van der Waals surface area contributed by atoms with Crippen LogP contribution in [-0.4, -0.2) is 99.8 Å². The highest BCUT2D eigenvalue weighted by molar-refractivity contribution is 6.06. The quantitative estimate of drug-likeness (QED) is 0.0926. The lowest BCUT2D eigenvalue weighted by atomic mass is 9.79. The minimum Gasteiger partial charge on any atom is -0.453 e. The molecule has 7 atom stereocenters. The predicted octanol–water partition coefficient (Wildman–Crippen LogP) is 9.77. The molecule has 2 saturated heterocycles. The maximum absolute atomic E-state index is 14.8. The third-order valence-electron chi connectivity index (χ3n) is 15.6. The number of aromatic nitrogens is 4. The van der Waals surface area contributed by atoms with E-state index in [1.165, 1.54) is 33.3 Å². The van der Waals surface area contributed by atoms with Crippen LogP contribution in [0.25, 0.3) is 55.0 Å². The van der Waals surface area contributed by atoms with Crippen molar-refractivity contribution in [3.8, 4) is 22.4 Å². The van der Waals surface area contributed by atoms with Gasteiger partial charge in [0.05, 0.1) is 55.3 Å². The second-order valence-electron chi connectivity index (χ2n) is 19.5. The van der Waals surface area contributed by atoms with Gasteiger partial charge >= 0.3 is 12.2 Å². The van der Waals surface area contributed by atoms with Crippen molar-refractivity contribution < 1.29 is 33.4 Å². The van der Waals surface area contributed by atoms with Crippen LogP contribution in [0.3, 0.4) is 0 Å². The highest BCUT2D eigenvalue weighted by Gasteiger charge is 2.51. The van der Waals surface area contributed by atoms with Gasteiger partial charge in [0.25, 0.3) is 5.91 Å². The molecular weight excluding hydrogens is 885 g/mol. The Balaban J connectivity index is 0.827. The minimum atomic E-state index is -0.902. The Kier molecular flexibility index (Phi) is 12.0. The smallest absolute Gasteiger partial charge is 0.407 e. The van der Waals surface area contributed by atoms with Gasteiger partial charge in [0.15, 0.2) is 0 Å². The van der Waals surface area contributed by atoms with E-state index in [9.17, 15) is 19.2 Å². The van der Waals surface area contributed by atoms with Gasteiger partial charge < -0.3 is 44.6 Å². The van der Waals surface area contributed by atoms with Crippen LogP contribution < -0.4 is 10.6 Å². The first kappa shape index (κ1) is 45.2. The molecule has 4 aliphatic rings. The van der Waals surface area contributed by atoms with Crippen LogP contribution in [0.5, 0.6) is 0 Å². The van der Waals surface area contributed by atoms with Gasteiger partial charge in [-0.2, -0.15) is 0 Å². The zero-order chi connectivity index (χ0) is 48.2. The van der Waals surface area contributed by atoms with Crippen LogP contribution >= 0.6 is 0 Å². The maximum atomic E-state index is 14.8. The van der Waals surface area contributed by atoms with E-state index < -0.39 is 30.4 Å². The first-order chi connectivity index (χ1) is 34.1. The molecule has 0 unspecified atom stereocenters. The lowest BCUT2D eigenvalue weighted by Gasteiger charge is -2.37. The van der Waals surface area contributed by atoms with Crippen LogP contribution in [0.1, 0.15) is 105 Å². The Hall–Kier alpha value is -7.26. The maximum Gasteiger partial charge on any atom is 0.407 e. The van der Waals surface area contributed by atoms with Crippen molar-refractivity contribution in [2.75, 3.05) is 27.9 Å². The second kappa shape index (κ2) is 18.6. The van der Waals surface area contributed by atoms with E-state index in [0.717, 1.165) is 111 Å². The first-order valence-electron chi connectivity index (χ1n) is 24.5. The summed E-state index contributed by atoms with van der Waals surface area (Å²) < 4.78 is 15.3. The molecule has 4 amide bonds. The molecule has 2 aliphatic carbocycles. The molecule has 0 spiro atoms. The SMILES string of the molecule is COC(=O)N[C@H](C(=O)N1CCC[C@H]1c1ncc(-c2ccc3cc(-c4ccc5c(ccc6[nH]c([C@@H]7[C@H]8CC[C@H](C8)N7C(=O)[C@H](NC(=O)OC)c7cccc(C8CCC8)c7)nc65)c4)ccc3c2)[nH]1)[C@@H](C)OC. The number of likely N-dealkylation sites (tertiary alicyclic amines) is 2. The molecule has 70 heavy (non-hydrogen) atoms. The number of carbonyl (C=O) groups is 4. The molecule has 2 bridgehead atoms. The first-order valence-corrected chi connectivity index (χ1v) is 24.5. The zero-order valence-corrected chi connectivity index (χ0v) is 39.9. The Morgan fingerprint density at radius 1 is 0.729 bits per heavy atom. The number of nitrogens with zero attached hydrogens (tertiary/aromatic N) is 4. The van der Waals surface area contributed by atoms with Crippen LogP contribution in [0.2, 0.25) is 0 Å². The fraction of sp³-hybridized carbons (Fsp3) is 0.382. The van der Waals surface area contributed by atoms with Crippen LogP contribution in [0.15, 0.2) is 97.2 Å². The van der Waals surface area contributed by atoms with Crippen molar-refractivity contribution in [2.24, 2.45) is 5.92 Å². The number of imidazole rings is 2. The van der Waals surface area contributed by atoms with E-state index in [1.54, 1.807) is 11.8 Å². The Bertz CT molecular complexity index is 3160. The predicted molar refractivity (Wildman–Crippen MR) is 266 cm³/mol. The molecule has 15 heteroatoms. The van der Waals surface area contributed by atoms with Gasteiger partial charge in [-0.15, -0.1) is 0 Å². The average Bonchev–Trinajstić information content (AvgIpc) is 4.24. The van der Waals surface area contributed by atoms with Gasteiger partial charge in [-0.05, 0) is 126 Å². The number of ether oxygens (including phenoxy) is 3. The molecule has 15 nitrogen and oxygen atoms in total. The lowest BCUT2D eigenvalue weighted by Crippen LogP contribution is -2.54. The van der Waals surface area contributed by atoms with Gasteiger partial charge in [-0.25, -0.2) is 19.6 Å². The van der Waals surface area contributed by atoms with Crippen molar-refractivity contribution in [1.29, 1.82) is 0 Å². The number of hydrogen-bond donors (Lipinski definition) is 4. The fourth-order valence-corrected chi connectivity index (χ4v) is 11.6. The van der Waals surface area contributed by atoms with Crippen molar-refractivity contribution in [3.05, 3.63) is 120 Å². The van der Waals surface area contributed by atoms with E-state index in [2.05, 4.69) is 99.5 Å². The monoisotopic (exact) mass is 942 g/mol. The van der Waals surface area contributed by atoms with Crippen LogP contribution in [-0.2, 0) is 23.8 Å². The third-order valence-corrected chi connectivity index (χ3v) is 15.6. The number of benzene rings is 5. The zero-order valence-electron chi connectivity index (χ0n) is 39.9. The molecule has 5 aromatic carbocycles. The second-order valence-corrected chi connectivity index (χ2v) is 19.5. The number of nitrogens with one attached hydrogen (secondary N) is 4. The molecule has 4 fully saturated rings. The van der Waals surface area contributed by atoms with E-state index in [1.807, 2.05) is 23.2 Å². The standard InChI is InChI=1S/C55H58N8O7/c1-30(68-2)46(60-54(66)69-3)52(64)62-23-7-12-45(62)50-56-29-44(58-50)38-16-15-34-24-33(13-14-35(34)26-38)36-18-21-42-37(25-36)19-22-43-48(42)59-51(57-43)49-40-17-20-41(28-40)63(49)53(65)47(61-55(67)70-4)39-11-6-10-32(27-39)31-8-5-9-31/h6,10-11,13-16,18-19,21-22,24-27,29-31,40-41,45-47,49H,5,7-9,12,17,20,23,28H2,1-4H3,(H,56,58)(H,57,59)(H,60,66)(H,61,67)/t30-,40+,41-,45+,46+,47-,49+/m1/s1. The summed E-state index contributed by atoms with van der Waals surface area (Å²) in [5.74, 6) is 1.84. The number of piperidine rings is 1. The van der Waals surface area contributed by atoms with Crippen LogP contribution in [0, 0.1) is 5.92 Å². The minimum absolute atomic E-state index is 0.0643. The van der Waals surface area contributed by atoms with Gasteiger partial charge in [0.2, 0.25) is 5.91 Å². The molecule has 4 heterocycles. The fourth-order valence-electron chi connectivity index (χ4n) is 11.6. The van der Waals surface area contributed by atoms with Crippen molar-refractivity contribution in [1.82, 2.24) is 40.4 Å². The molecule has 2 saturated carbocycles. The molecule has 7 aromatic rings.